The van der Waals surface area contributed by atoms with Crippen molar-refractivity contribution < 1.29 is 19.4 Å². The molecule has 0 bridgehead atoms. The summed E-state index contributed by atoms with van der Waals surface area (Å²) in [6.07, 6.45) is 3.63. The molecule has 0 aliphatic carbocycles. The predicted octanol–water partition coefficient (Wildman–Crippen LogP) is 4.99. The molecule has 4 rings (SSSR count). The fourth-order valence-corrected chi connectivity index (χ4v) is 3.50. The molecule has 2 aromatic carbocycles. The molecule has 0 saturated heterocycles. The number of rotatable bonds is 5. The van der Waals surface area contributed by atoms with Crippen molar-refractivity contribution in [2.24, 2.45) is 0 Å². The molecule has 0 aliphatic heterocycles. The highest BCUT2D eigenvalue weighted by Crippen LogP contribution is 2.42. The number of hydrogen-bond acceptors (Lipinski definition) is 3. The quantitative estimate of drug-likeness (QED) is 0.535. The second kappa shape index (κ2) is 7.12. The number of fused-ring (bicyclic) bond motifs is 1. The summed E-state index contributed by atoms with van der Waals surface area (Å²) in [4.78, 5) is 12.0. The van der Waals surface area contributed by atoms with E-state index in [0.29, 0.717) is 28.1 Å². The average Bonchev–Trinajstić information content (AvgIpc) is 3.13. The Morgan fingerprint density at radius 1 is 0.857 bits per heavy atom. The molecular formula is C23H19NO4. The van der Waals surface area contributed by atoms with Gasteiger partial charge in [-0.2, -0.15) is 0 Å². The van der Waals surface area contributed by atoms with Gasteiger partial charge < -0.3 is 19.0 Å². The number of nitrogens with zero attached hydrogens (tertiary/aromatic N) is 1. The van der Waals surface area contributed by atoms with E-state index < -0.39 is 5.97 Å². The Labute approximate surface area is 162 Å². The molecule has 140 valence electrons. The Morgan fingerprint density at radius 2 is 1.50 bits per heavy atom. The number of hydrogen-bond donors (Lipinski definition) is 1. The van der Waals surface area contributed by atoms with E-state index in [1.807, 2.05) is 60.8 Å². The summed E-state index contributed by atoms with van der Waals surface area (Å²) < 4.78 is 13.1. The van der Waals surface area contributed by atoms with Crippen LogP contribution in [-0.2, 0) is 0 Å². The monoisotopic (exact) mass is 373 g/mol. The van der Waals surface area contributed by atoms with Crippen LogP contribution in [0.15, 0.2) is 73.1 Å². The summed E-state index contributed by atoms with van der Waals surface area (Å²) in [5.41, 5.74) is 3.97. The summed E-state index contributed by atoms with van der Waals surface area (Å²) in [5, 5.41) is 9.85. The summed E-state index contributed by atoms with van der Waals surface area (Å²) in [6, 6.07) is 19.0. The highest BCUT2D eigenvalue weighted by molar-refractivity contribution is 6.04. The van der Waals surface area contributed by atoms with Crippen molar-refractivity contribution in [1.82, 2.24) is 4.40 Å². The predicted molar refractivity (Wildman–Crippen MR) is 108 cm³/mol. The summed E-state index contributed by atoms with van der Waals surface area (Å²) in [5.74, 6) is 0.239. The number of carboxylic acids is 1. The molecule has 0 amide bonds. The Bertz CT molecular complexity index is 1160. The molecular weight excluding hydrogens is 354 g/mol. The molecule has 0 spiro atoms. The van der Waals surface area contributed by atoms with E-state index in [-0.39, 0.29) is 5.56 Å². The van der Waals surface area contributed by atoms with Gasteiger partial charge in [0.2, 0.25) is 0 Å². The van der Waals surface area contributed by atoms with Gasteiger partial charge in [0.05, 0.1) is 25.3 Å². The topological polar surface area (TPSA) is 60.2 Å². The van der Waals surface area contributed by atoms with Crippen LogP contribution in [0.4, 0.5) is 0 Å². The van der Waals surface area contributed by atoms with Crippen LogP contribution >= 0.6 is 0 Å². The first-order valence-corrected chi connectivity index (χ1v) is 8.79. The number of methoxy groups -OCH3 is 2. The van der Waals surface area contributed by atoms with Crippen LogP contribution < -0.4 is 9.47 Å². The number of aromatic carboxylic acids is 1. The van der Waals surface area contributed by atoms with Crippen molar-refractivity contribution in [3.05, 3.63) is 78.6 Å². The van der Waals surface area contributed by atoms with Gasteiger partial charge in [-0.15, -0.1) is 0 Å². The van der Waals surface area contributed by atoms with Crippen LogP contribution in [0.25, 0.3) is 27.8 Å². The third-order valence-corrected chi connectivity index (χ3v) is 4.79. The normalized spacial score (nSPS) is 10.8. The zero-order chi connectivity index (χ0) is 19.7. The Balaban J connectivity index is 2.00. The maximum atomic E-state index is 12.0. The van der Waals surface area contributed by atoms with Crippen LogP contribution in [0.2, 0.25) is 0 Å². The van der Waals surface area contributed by atoms with Gasteiger partial charge >= 0.3 is 5.97 Å². The van der Waals surface area contributed by atoms with Crippen LogP contribution in [0.1, 0.15) is 10.4 Å². The first-order valence-electron chi connectivity index (χ1n) is 8.79. The van der Waals surface area contributed by atoms with Crippen molar-refractivity contribution in [3.63, 3.8) is 0 Å². The van der Waals surface area contributed by atoms with E-state index in [9.17, 15) is 9.90 Å². The van der Waals surface area contributed by atoms with Crippen LogP contribution in [0.3, 0.4) is 0 Å². The molecule has 0 aliphatic rings. The SMILES string of the molecule is COc1cc(-c2cn3ccccc3c2C(=O)O)c(OC)cc1-c1ccccc1. The molecule has 2 heterocycles. The van der Waals surface area contributed by atoms with Gasteiger partial charge in [0.15, 0.2) is 0 Å². The third-order valence-electron chi connectivity index (χ3n) is 4.79. The molecule has 2 aromatic heterocycles. The highest BCUT2D eigenvalue weighted by Gasteiger charge is 2.22. The second-order valence-electron chi connectivity index (χ2n) is 6.33. The smallest absolute Gasteiger partial charge is 0.338 e. The van der Waals surface area contributed by atoms with Gasteiger partial charge in [0.1, 0.15) is 11.5 Å². The summed E-state index contributed by atoms with van der Waals surface area (Å²) in [6.45, 7) is 0. The van der Waals surface area contributed by atoms with Crippen molar-refractivity contribution in [3.8, 4) is 33.8 Å². The fraction of sp³-hybridized carbons (Fsp3) is 0.0870. The maximum absolute atomic E-state index is 12.0. The van der Waals surface area contributed by atoms with Crippen LogP contribution in [0, 0.1) is 0 Å². The Hall–Kier alpha value is -3.73. The number of carboxylic acid groups (broad SMARTS) is 1. The minimum Gasteiger partial charge on any atom is -0.496 e. The maximum Gasteiger partial charge on any atom is 0.338 e. The van der Waals surface area contributed by atoms with E-state index in [1.54, 1.807) is 30.9 Å². The van der Waals surface area contributed by atoms with Crippen molar-refractivity contribution in [2.75, 3.05) is 14.2 Å². The zero-order valence-corrected chi connectivity index (χ0v) is 15.5. The van der Waals surface area contributed by atoms with Gasteiger partial charge in [0, 0.05) is 29.1 Å². The summed E-state index contributed by atoms with van der Waals surface area (Å²) >= 11 is 0. The molecule has 5 heteroatoms. The molecule has 0 unspecified atom stereocenters. The van der Waals surface area contributed by atoms with Gasteiger partial charge in [-0.05, 0) is 29.8 Å². The van der Waals surface area contributed by atoms with Gasteiger partial charge in [-0.1, -0.05) is 36.4 Å². The minimum atomic E-state index is -0.989. The van der Waals surface area contributed by atoms with Crippen LogP contribution in [-0.4, -0.2) is 29.7 Å². The third kappa shape index (κ3) is 2.87. The number of pyridine rings is 1. The second-order valence-corrected chi connectivity index (χ2v) is 6.33. The Kier molecular flexibility index (Phi) is 4.49. The molecule has 0 fully saturated rings. The van der Waals surface area contributed by atoms with Gasteiger partial charge in [-0.3, -0.25) is 0 Å². The molecule has 0 saturated carbocycles. The first kappa shape index (κ1) is 17.7. The van der Waals surface area contributed by atoms with E-state index >= 15 is 0 Å². The van der Waals surface area contributed by atoms with E-state index in [1.165, 1.54) is 0 Å². The Morgan fingerprint density at radius 3 is 2.18 bits per heavy atom. The van der Waals surface area contributed by atoms with Crippen molar-refractivity contribution >= 4 is 11.5 Å². The fourth-order valence-electron chi connectivity index (χ4n) is 3.50. The molecule has 1 N–H and O–H groups in total. The number of carbonyl (C=O) groups is 1. The van der Waals surface area contributed by atoms with Gasteiger partial charge in [0.25, 0.3) is 0 Å². The molecule has 0 radical (unpaired) electrons. The number of aromatic nitrogens is 1. The highest BCUT2D eigenvalue weighted by atomic mass is 16.5. The lowest BCUT2D eigenvalue weighted by molar-refractivity contribution is 0.0700. The largest absolute Gasteiger partial charge is 0.496 e. The van der Waals surface area contributed by atoms with Crippen molar-refractivity contribution in [1.29, 1.82) is 0 Å². The number of benzene rings is 2. The van der Waals surface area contributed by atoms with E-state index in [2.05, 4.69) is 0 Å². The molecule has 28 heavy (non-hydrogen) atoms. The van der Waals surface area contributed by atoms with E-state index in [0.717, 1.165) is 11.1 Å². The molecule has 5 nitrogen and oxygen atoms in total. The lowest BCUT2D eigenvalue weighted by Gasteiger charge is -2.15. The number of ether oxygens (including phenoxy) is 2. The summed E-state index contributed by atoms with van der Waals surface area (Å²) in [7, 11) is 3.18. The molecule has 4 aromatic rings. The van der Waals surface area contributed by atoms with Gasteiger partial charge in [-0.25, -0.2) is 4.79 Å². The minimum absolute atomic E-state index is 0.230. The lowest BCUT2D eigenvalue weighted by Crippen LogP contribution is -1.99. The van der Waals surface area contributed by atoms with E-state index in [4.69, 9.17) is 9.47 Å². The molecule has 0 atom stereocenters. The lowest BCUT2D eigenvalue weighted by atomic mass is 9.97. The van der Waals surface area contributed by atoms with Crippen molar-refractivity contribution in [2.45, 2.75) is 0 Å². The van der Waals surface area contributed by atoms with Crippen LogP contribution in [0.5, 0.6) is 11.5 Å². The zero-order valence-electron chi connectivity index (χ0n) is 15.5. The first-order chi connectivity index (χ1) is 13.6. The average molecular weight is 373 g/mol. The standard InChI is InChI=1S/C23H19NO4/c1-27-20-13-17(21(28-2)12-16(20)15-8-4-3-5-9-15)18-14-24-11-7-6-10-19(24)22(18)23(25)26/h3-14H,1-2H3,(H,25,26).